The van der Waals surface area contributed by atoms with Crippen molar-refractivity contribution < 1.29 is 42.9 Å². The molecule has 2 aliphatic heterocycles. The summed E-state index contributed by atoms with van der Waals surface area (Å²) in [6.07, 6.45) is -1.70. The zero-order valence-electron chi connectivity index (χ0n) is 16.6. The zero-order valence-corrected chi connectivity index (χ0v) is 18.3. The minimum atomic E-state index is -2.74. The molecule has 32 heavy (non-hydrogen) atoms. The molecule has 176 valence electrons. The Bertz CT molecular complexity index is 930. The molecule has 1 aromatic rings. The average Bonchev–Trinajstić information content (AvgIpc) is 3.20. The van der Waals surface area contributed by atoms with Gasteiger partial charge in [0.2, 0.25) is 5.16 Å². The molecule has 1 saturated heterocycles. The summed E-state index contributed by atoms with van der Waals surface area (Å²) in [6.45, 7) is -0.213. The number of halogens is 2. The van der Waals surface area contributed by atoms with Gasteiger partial charge in [0.1, 0.15) is 11.5 Å². The lowest BCUT2D eigenvalue weighted by atomic mass is 9.82. The highest BCUT2D eigenvalue weighted by Gasteiger charge is 2.66. The van der Waals surface area contributed by atoms with Gasteiger partial charge in [-0.15, -0.1) is 5.10 Å². The van der Waals surface area contributed by atoms with Crippen LogP contribution in [0.2, 0.25) is 0 Å². The van der Waals surface area contributed by atoms with Crippen molar-refractivity contribution in [3.63, 3.8) is 0 Å². The van der Waals surface area contributed by atoms with Crippen LogP contribution in [0.3, 0.4) is 0 Å². The molecular weight excluding hydrogens is 476 g/mol. The highest BCUT2D eigenvalue weighted by molar-refractivity contribution is 8.00. The number of carbonyl (C=O) groups is 3. The lowest BCUT2D eigenvalue weighted by Crippen LogP contribution is -2.77. The fourth-order valence-corrected chi connectivity index (χ4v) is 4.69. The van der Waals surface area contributed by atoms with Crippen LogP contribution in [0.5, 0.6) is 0 Å². The maximum Gasteiger partial charge on any atom is 0.352 e. The summed E-state index contributed by atoms with van der Waals surface area (Å²) >= 11 is 1.22. The number of amides is 1. The number of carboxylic acids is 1. The first kappa shape index (κ1) is 24.5. The van der Waals surface area contributed by atoms with E-state index in [1.54, 1.807) is 0 Å². The van der Waals surface area contributed by atoms with Gasteiger partial charge in [0.15, 0.2) is 11.8 Å². The minimum absolute atomic E-state index is 0.0773. The molecule has 3 rings (SSSR count). The standard InChI is InChI=1S/C16H19F2N5O7S2/c1-29-16(4-9(25)7-31-14(17)18)12(28)23-10(11(26)27)8(5-30-13(16)23)6-32-15-19-20-21-22(15)2-3-24/h13-14,24H,2-7H2,1H3,(H,26,27)/t13-,16+/m1/s1. The molecule has 0 aromatic carbocycles. The Morgan fingerprint density at radius 3 is 2.81 bits per heavy atom. The van der Waals surface area contributed by atoms with Crippen molar-refractivity contribution in [1.29, 1.82) is 0 Å². The van der Waals surface area contributed by atoms with Crippen LogP contribution < -0.4 is 0 Å². The van der Waals surface area contributed by atoms with E-state index in [1.807, 2.05) is 0 Å². The van der Waals surface area contributed by atoms with Crippen molar-refractivity contribution >= 4 is 41.2 Å². The molecule has 2 atom stereocenters. The quantitative estimate of drug-likeness (QED) is 0.286. The maximum atomic E-state index is 12.9. The third-order valence-electron chi connectivity index (χ3n) is 4.79. The van der Waals surface area contributed by atoms with E-state index in [0.717, 1.165) is 16.7 Å². The molecule has 1 aromatic heterocycles. The molecular formula is C16H19F2N5O7S2. The number of Topliss-reactive ketones (excluding diaryl/α,β-unsaturated/α-hetero) is 1. The monoisotopic (exact) mass is 495 g/mol. The van der Waals surface area contributed by atoms with E-state index in [2.05, 4.69) is 15.5 Å². The zero-order chi connectivity index (χ0) is 23.5. The number of hydrogen-bond acceptors (Lipinski definition) is 11. The van der Waals surface area contributed by atoms with Crippen LogP contribution in [0.15, 0.2) is 16.4 Å². The van der Waals surface area contributed by atoms with Crippen LogP contribution >= 0.6 is 23.5 Å². The number of carboxylic acid groups (broad SMARTS) is 1. The molecule has 3 heterocycles. The van der Waals surface area contributed by atoms with Crippen LogP contribution in [0, 0.1) is 0 Å². The number of rotatable bonds is 12. The fraction of sp³-hybridized carbons (Fsp3) is 0.625. The molecule has 12 nitrogen and oxygen atoms in total. The van der Waals surface area contributed by atoms with Crippen molar-refractivity contribution in [2.24, 2.45) is 0 Å². The van der Waals surface area contributed by atoms with Gasteiger partial charge in [0, 0.05) is 19.3 Å². The second-order valence-corrected chi connectivity index (χ2v) is 8.59. The Morgan fingerprint density at radius 1 is 1.44 bits per heavy atom. The number of alkyl halides is 2. The summed E-state index contributed by atoms with van der Waals surface area (Å²) in [4.78, 5) is 37.8. The minimum Gasteiger partial charge on any atom is -0.477 e. The number of thioether (sulfide) groups is 2. The smallest absolute Gasteiger partial charge is 0.352 e. The van der Waals surface area contributed by atoms with Crippen molar-refractivity contribution in [2.75, 3.05) is 31.8 Å². The Balaban J connectivity index is 1.77. The lowest BCUT2D eigenvalue weighted by Gasteiger charge is -2.55. The lowest BCUT2D eigenvalue weighted by molar-refractivity contribution is -0.250. The molecule has 0 radical (unpaired) electrons. The third kappa shape index (κ3) is 4.63. The van der Waals surface area contributed by atoms with Gasteiger partial charge >= 0.3 is 5.97 Å². The topological polar surface area (TPSA) is 157 Å². The van der Waals surface area contributed by atoms with E-state index in [4.69, 9.17) is 14.6 Å². The fourth-order valence-electron chi connectivity index (χ4n) is 3.38. The van der Waals surface area contributed by atoms with Crippen LogP contribution in [-0.4, -0.2) is 102 Å². The van der Waals surface area contributed by atoms with Gasteiger partial charge in [0.05, 0.1) is 25.5 Å². The van der Waals surface area contributed by atoms with Crippen molar-refractivity contribution in [1.82, 2.24) is 25.1 Å². The largest absolute Gasteiger partial charge is 0.477 e. The van der Waals surface area contributed by atoms with Crippen LogP contribution in [-0.2, 0) is 30.4 Å². The van der Waals surface area contributed by atoms with E-state index in [-0.39, 0.29) is 48.5 Å². The van der Waals surface area contributed by atoms with Crippen molar-refractivity contribution in [3.05, 3.63) is 11.3 Å². The van der Waals surface area contributed by atoms with Crippen LogP contribution in [0.1, 0.15) is 6.42 Å². The summed E-state index contributed by atoms with van der Waals surface area (Å²) in [5, 5.41) is 30.1. The number of fused-ring (bicyclic) bond motifs is 1. The van der Waals surface area contributed by atoms with E-state index in [9.17, 15) is 28.3 Å². The van der Waals surface area contributed by atoms with Crippen LogP contribution in [0.25, 0.3) is 0 Å². The van der Waals surface area contributed by atoms with Gasteiger partial charge in [-0.2, -0.15) is 8.78 Å². The average molecular weight is 495 g/mol. The SMILES string of the molecule is CO[C@@]1(CC(=O)CSC(F)F)C(=O)N2C(C(=O)O)=C(CSc3nnnn3CCO)CO[C@@H]21. The summed E-state index contributed by atoms with van der Waals surface area (Å²) in [5.74, 6) is -6.00. The maximum absolute atomic E-state index is 12.9. The number of ether oxygens (including phenoxy) is 2. The van der Waals surface area contributed by atoms with E-state index in [1.165, 1.54) is 11.8 Å². The number of tetrazole rings is 1. The van der Waals surface area contributed by atoms with Gasteiger partial charge in [0.25, 0.3) is 11.7 Å². The Kier molecular flexibility index (Phi) is 7.81. The number of hydrogen-bond donors (Lipinski definition) is 2. The summed E-state index contributed by atoms with van der Waals surface area (Å²) in [7, 11) is 1.17. The number of β-lactam (4-membered cyclic amide) rings is 1. The predicted octanol–water partition coefficient (Wildman–Crippen LogP) is -0.405. The number of aliphatic hydroxyl groups excluding tert-OH is 1. The Morgan fingerprint density at radius 2 is 2.19 bits per heavy atom. The number of ketones is 1. The number of aliphatic carboxylic acids is 1. The molecule has 2 aliphatic rings. The molecule has 16 heteroatoms. The van der Waals surface area contributed by atoms with Gasteiger partial charge in [-0.1, -0.05) is 23.5 Å². The second-order valence-electron chi connectivity index (χ2n) is 6.67. The number of aliphatic hydroxyl groups is 1. The summed E-state index contributed by atoms with van der Waals surface area (Å²) < 4.78 is 37.0. The van der Waals surface area contributed by atoms with Gasteiger partial charge in [-0.3, -0.25) is 14.5 Å². The van der Waals surface area contributed by atoms with Crippen molar-refractivity contribution in [2.45, 2.75) is 35.7 Å². The molecule has 0 spiro atoms. The molecule has 0 bridgehead atoms. The van der Waals surface area contributed by atoms with Gasteiger partial charge in [-0.25, -0.2) is 9.48 Å². The molecule has 1 amide bonds. The first-order valence-electron chi connectivity index (χ1n) is 9.12. The summed E-state index contributed by atoms with van der Waals surface area (Å²) in [5.41, 5.74) is -1.80. The molecule has 1 fully saturated rings. The van der Waals surface area contributed by atoms with E-state index in [0.29, 0.717) is 5.16 Å². The van der Waals surface area contributed by atoms with Gasteiger partial charge < -0.3 is 19.7 Å². The predicted molar refractivity (Wildman–Crippen MR) is 105 cm³/mol. The first-order chi connectivity index (χ1) is 15.2. The number of methoxy groups -OCH3 is 1. The molecule has 0 saturated carbocycles. The normalized spacial score (nSPS) is 22.8. The number of carbonyl (C=O) groups excluding carboxylic acids is 2. The molecule has 0 unspecified atom stereocenters. The Hall–Kier alpha value is -2.14. The number of nitrogens with zero attached hydrogens (tertiary/aromatic N) is 5. The van der Waals surface area contributed by atoms with E-state index >= 15 is 0 Å². The first-order valence-corrected chi connectivity index (χ1v) is 11.2. The number of aromatic nitrogens is 4. The van der Waals surface area contributed by atoms with Gasteiger partial charge in [-0.05, 0) is 16.0 Å². The highest BCUT2D eigenvalue weighted by atomic mass is 32.2. The molecule has 2 N–H and O–H groups in total. The summed E-state index contributed by atoms with van der Waals surface area (Å²) in [6, 6.07) is 0. The molecule has 0 aliphatic carbocycles. The van der Waals surface area contributed by atoms with Crippen molar-refractivity contribution in [3.8, 4) is 0 Å². The second kappa shape index (κ2) is 10.2. The van der Waals surface area contributed by atoms with E-state index < -0.39 is 47.4 Å². The third-order valence-corrected chi connectivity index (χ3v) is 6.57. The van der Waals surface area contributed by atoms with Crippen LogP contribution in [0.4, 0.5) is 8.78 Å². The Labute approximate surface area is 188 Å². The highest BCUT2D eigenvalue weighted by Crippen LogP contribution is 2.44.